The van der Waals surface area contributed by atoms with Crippen molar-refractivity contribution < 1.29 is 0 Å². The maximum Gasteiger partial charge on any atom is 0.0959 e. The third kappa shape index (κ3) is 2.84. The van der Waals surface area contributed by atoms with E-state index in [0.29, 0.717) is 6.04 Å². The molecule has 118 valence electrons. The van der Waals surface area contributed by atoms with Crippen LogP contribution in [0.3, 0.4) is 0 Å². The molecule has 2 aliphatic rings. The van der Waals surface area contributed by atoms with Crippen molar-refractivity contribution in [1.29, 1.82) is 0 Å². The SMILES string of the molecule is Cn1cc([C@@H]2CCCN2Cc2csc(C3CCCC3)n2)cn1. The predicted octanol–water partition coefficient (Wildman–Crippen LogP) is 3.87. The van der Waals surface area contributed by atoms with E-state index < -0.39 is 0 Å². The highest BCUT2D eigenvalue weighted by molar-refractivity contribution is 7.09. The Bertz CT molecular complexity index is 626. The molecule has 1 saturated carbocycles. The summed E-state index contributed by atoms with van der Waals surface area (Å²) >= 11 is 1.88. The van der Waals surface area contributed by atoms with E-state index in [2.05, 4.69) is 21.6 Å². The molecule has 2 fully saturated rings. The Kier molecular flexibility index (Phi) is 4.01. The van der Waals surface area contributed by atoms with Gasteiger partial charge in [-0.15, -0.1) is 11.3 Å². The lowest BCUT2D eigenvalue weighted by atomic mass is 10.1. The Balaban J connectivity index is 1.45. The molecular weight excluding hydrogens is 292 g/mol. The molecule has 0 aromatic carbocycles. The van der Waals surface area contributed by atoms with E-state index in [0.717, 1.165) is 12.5 Å². The van der Waals surface area contributed by atoms with Gasteiger partial charge in [0.2, 0.25) is 0 Å². The van der Waals surface area contributed by atoms with Crippen LogP contribution in [0.1, 0.15) is 66.7 Å². The Morgan fingerprint density at radius 3 is 2.86 bits per heavy atom. The lowest BCUT2D eigenvalue weighted by molar-refractivity contribution is 0.246. The molecule has 22 heavy (non-hydrogen) atoms. The van der Waals surface area contributed by atoms with Gasteiger partial charge in [0, 0.05) is 42.7 Å². The van der Waals surface area contributed by atoms with Crippen molar-refractivity contribution in [3.8, 4) is 0 Å². The fourth-order valence-corrected chi connectivity index (χ4v) is 4.95. The zero-order valence-electron chi connectivity index (χ0n) is 13.2. The Labute approximate surface area is 136 Å². The summed E-state index contributed by atoms with van der Waals surface area (Å²) in [5.74, 6) is 0.742. The van der Waals surface area contributed by atoms with Gasteiger partial charge in [0.15, 0.2) is 0 Å². The summed E-state index contributed by atoms with van der Waals surface area (Å²) in [6, 6.07) is 0.519. The average Bonchev–Trinajstić information content (AvgIpc) is 3.26. The average molecular weight is 316 g/mol. The van der Waals surface area contributed by atoms with Crippen molar-refractivity contribution >= 4 is 11.3 Å². The molecule has 1 saturated heterocycles. The Morgan fingerprint density at radius 2 is 2.09 bits per heavy atom. The van der Waals surface area contributed by atoms with E-state index in [1.165, 1.54) is 61.3 Å². The molecule has 2 aromatic rings. The molecule has 4 nitrogen and oxygen atoms in total. The molecule has 0 bridgehead atoms. The van der Waals surface area contributed by atoms with Crippen molar-refractivity contribution in [2.24, 2.45) is 7.05 Å². The standard InChI is InChI=1S/C17H24N4S/c1-20-10-14(9-18-20)16-7-4-8-21(16)11-15-12-22-17(19-15)13-5-2-3-6-13/h9-10,12-13,16H,2-8,11H2,1H3/t16-/m0/s1. The van der Waals surface area contributed by atoms with E-state index in [1.54, 1.807) is 0 Å². The second kappa shape index (κ2) is 6.13. The molecule has 0 unspecified atom stereocenters. The minimum absolute atomic E-state index is 0.519. The Morgan fingerprint density at radius 1 is 1.23 bits per heavy atom. The van der Waals surface area contributed by atoms with Crippen LogP contribution < -0.4 is 0 Å². The van der Waals surface area contributed by atoms with Gasteiger partial charge in [0.05, 0.1) is 16.9 Å². The number of likely N-dealkylation sites (tertiary alicyclic amines) is 1. The van der Waals surface area contributed by atoms with Gasteiger partial charge in [-0.05, 0) is 32.2 Å². The third-order valence-electron chi connectivity index (χ3n) is 5.11. The maximum absolute atomic E-state index is 4.95. The predicted molar refractivity (Wildman–Crippen MR) is 88.9 cm³/mol. The molecule has 2 aromatic heterocycles. The van der Waals surface area contributed by atoms with Gasteiger partial charge >= 0.3 is 0 Å². The molecule has 1 aliphatic carbocycles. The van der Waals surface area contributed by atoms with Gasteiger partial charge in [0.25, 0.3) is 0 Å². The van der Waals surface area contributed by atoms with Crippen LogP contribution in [-0.2, 0) is 13.6 Å². The number of nitrogens with zero attached hydrogens (tertiary/aromatic N) is 4. The summed E-state index contributed by atoms with van der Waals surface area (Å²) in [6.45, 7) is 2.17. The molecule has 1 atom stereocenters. The zero-order valence-corrected chi connectivity index (χ0v) is 14.1. The van der Waals surface area contributed by atoms with Gasteiger partial charge in [-0.3, -0.25) is 9.58 Å². The minimum Gasteiger partial charge on any atom is -0.290 e. The first kappa shape index (κ1) is 14.4. The third-order valence-corrected chi connectivity index (χ3v) is 6.17. The van der Waals surface area contributed by atoms with Gasteiger partial charge < -0.3 is 0 Å². The van der Waals surface area contributed by atoms with Crippen LogP contribution in [0.15, 0.2) is 17.8 Å². The van der Waals surface area contributed by atoms with Crippen LogP contribution in [0.2, 0.25) is 0 Å². The van der Waals surface area contributed by atoms with Crippen LogP contribution in [0.5, 0.6) is 0 Å². The van der Waals surface area contributed by atoms with Crippen molar-refractivity contribution in [3.05, 3.63) is 34.0 Å². The highest BCUT2D eigenvalue weighted by Crippen LogP contribution is 2.37. The van der Waals surface area contributed by atoms with Crippen molar-refractivity contribution in [2.45, 2.75) is 57.0 Å². The molecule has 3 heterocycles. The Hall–Kier alpha value is -1.20. The molecule has 0 radical (unpaired) electrons. The van der Waals surface area contributed by atoms with Crippen molar-refractivity contribution in [1.82, 2.24) is 19.7 Å². The van der Waals surface area contributed by atoms with Crippen LogP contribution in [0.4, 0.5) is 0 Å². The fourth-order valence-electron chi connectivity index (χ4n) is 3.97. The number of hydrogen-bond acceptors (Lipinski definition) is 4. The fraction of sp³-hybridized carbons (Fsp3) is 0.647. The molecule has 0 N–H and O–H groups in total. The molecule has 0 spiro atoms. The van der Waals surface area contributed by atoms with Crippen LogP contribution in [0, 0.1) is 0 Å². The van der Waals surface area contributed by atoms with E-state index in [1.807, 2.05) is 29.3 Å². The minimum atomic E-state index is 0.519. The van der Waals surface area contributed by atoms with Crippen LogP contribution in [-0.4, -0.2) is 26.2 Å². The number of aromatic nitrogens is 3. The maximum atomic E-state index is 4.95. The topological polar surface area (TPSA) is 34.0 Å². The van der Waals surface area contributed by atoms with E-state index in [4.69, 9.17) is 4.98 Å². The molecule has 0 amide bonds. The molecule has 1 aliphatic heterocycles. The molecule has 4 rings (SSSR count). The first-order valence-electron chi connectivity index (χ1n) is 8.46. The lowest BCUT2D eigenvalue weighted by Gasteiger charge is -2.22. The van der Waals surface area contributed by atoms with Gasteiger partial charge in [-0.25, -0.2) is 4.98 Å². The highest BCUT2D eigenvalue weighted by atomic mass is 32.1. The first-order chi connectivity index (χ1) is 10.8. The number of rotatable bonds is 4. The van der Waals surface area contributed by atoms with Crippen LogP contribution in [0.25, 0.3) is 0 Å². The summed E-state index contributed by atoms with van der Waals surface area (Å²) in [5, 5.41) is 8.00. The summed E-state index contributed by atoms with van der Waals surface area (Å²) in [4.78, 5) is 7.52. The normalized spacial score (nSPS) is 23.6. The molecule has 5 heteroatoms. The number of thiazole rings is 1. The van der Waals surface area contributed by atoms with Crippen molar-refractivity contribution in [3.63, 3.8) is 0 Å². The second-order valence-electron chi connectivity index (χ2n) is 6.73. The monoisotopic (exact) mass is 316 g/mol. The first-order valence-corrected chi connectivity index (χ1v) is 9.34. The van der Waals surface area contributed by atoms with Gasteiger partial charge in [0.1, 0.15) is 0 Å². The molecular formula is C17H24N4S. The lowest BCUT2D eigenvalue weighted by Crippen LogP contribution is -2.22. The van der Waals surface area contributed by atoms with Crippen molar-refractivity contribution in [2.75, 3.05) is 6.54 Å². The van der Waals surface area contributed by atoms with E-state index in [9.17, 15) is 0 Å². The van der Waals surface area contributed by atoms with E-state index in [-0.39, 0.29) is 0 Å². The van der Waals surface area contributed by atoms with Gasteiger partial charge in [-0.1, -0.05) is 12.8 Å². The summed E-state index contributed by atoms with van der Waals surface area (Å²) in [7, 11) is 2.00. The second-order valence-corrected chi connectivity index (χ2v) is 7.62. The van der Waals surface area contributed by atoms with Gasteiger partial charge in [-0.2, -0.15) is 5.10 Å². The number of aryl methyl sites for hydroxylation is 1. The number of hydrogen-bond donors (Lipinski definition) is 0. The summed E-state index contributed by atoms with van der Waals surface area (Å²) in [5.41, 5.74) is 2.62. The van der Waals surface area contributed by atoms with E-state index >= 15 is 0 Å². The highest BCUT2D eigenvalue weighted by Gasteiger charge is 2.28. The largest absolute Gasteiger partial charge is 0.290 e. The smallest absolute Gasteiger partial charge is 0.0959 e. The summed E-state index contributed by atoms with van der Waals surface area (Å²) in [6.07, 6.45) is 12.2. The quantitative estimate of drug-likeness (QED) is 0.858. The zero-order chi connectivity index (χ0) is 14.9. The summed E-state index contributed by atoms with van der Waals surface area (Å²) < 4.78 is 1.91. The van der Waals surface area contributed by atoms with Crippen LogP contribution >= 0.6 is 11.3 Å².